The maximum atomic E-state index is 9.63. The van der Waals surface area contributed by atoms with Crippen LogP contribution in [-0.4, -0.2) is 38.3 Å². The first-order chi connectivity index (χ1) is 6.79. The van der Waals surface area contributed by atoms with Gasteiger partial charge in [-0.2, -0.15) is 0 Å². The lowest BCUT2D eigenvalue weighted by Gasteiger charge is -2.01. The molecule has 0 saturated carbocycles. The Morgan fingerprint density at radius 3 is 1.87 bits per heavy atom. The number of hydrogen-bond donors (Lipinski definition) is 2. The molecule has 0 unspecified atom stereocenters. The summed E-state index contributed by atoms with van der Waals surface area (Å²) in [5.74, 6) is 0.442. The van der Waals surface area contributed by atoms with Gasteiger partial charge in [0.1, 0.15) is 15.6 Å². The maximum Gasteiger partial charge on any atom is 0.707 e. The molecule has 15 heavy (non-hydrogen) atoms. The second kappa shape index (κ2) is 6.44. The van der Waals surface area contributed by atoms with Crippen LogP contribution in [0, 0.1) is 0 Å². The van der Waals surface area contributed by atoms with Crippen molar-refractivity contribution in [3.8, 4) is 5.75 Å². The predicted octanol–water partition coefficient (Wildman–Crippen LogP) is -0.304. The first-order valence-electron chi connectivity index (χ1n) is 4.02. The zero-order valence-electron chi connectivity index (χ0n) is 8.49. The molecule has 0 aliphatic rings. The fourth-order valence-corrected chi connectivity index (χ4v) is 0.621. The van der Waals surface area contributed by atoms with Gasteiger partial charge < -0.3 is 14.7 Å². The lowest BCUT2D eigenvalue weighted by molar-refractivity contribution is 0.288. The van der Waals surface area contributed by atoms with E-state index in [9.17, 15) is 8.42 Å². The topological polar surface area (TPSA) is 83.8 Å². The summed E-state index contributed by atoms with van der Waals surface area (Å²) in [5.41, 5.74) is 0. The molecular formula is C8H13BO5S. The van der Waals surface area contributed by atoms with Crippen LogP contribution in [0.15, 0.2) is 30.3 Å². The average molecular weight is 232 g/mol. The average Bonchev–Trinajstić information content (AvgIpc) is 2.01. The van der Waals surface area contributed by atoms with Crippen LogP contribution in [0.3, 0.4) is 0 Å². The molecule has 0 radical (unpaired) electrons. The Hall–Kier alpha value is -1.05. The molecule has 84 valence electrons. The van der Waals surface area contributed by atoms with Gasteiger partial charge in [-0.05, 0) is 12.1 Å². The van der Waals surface area contributed by atoms with Crippen LogP contribution in [0.2, 0.25) is 0 Å². The summed E-state index contributed by atoms with van der Waals surface area (Å²) in [5, 5.41) is 16.7. The Balaban J connectivity index is 0.000000336. The Morgan fingerprint density at radius 1 is 1.13 bits per heavy atom. The molecule has 5 nitrogen and oxygen atoms in total. The van der Waals surface area contributed by atoms with Crippen molar-refractivity contribution in [1.29, 1.82) is 0 Å². The first-order valence-corrected chi connectivity index (χ1v) is 6.32. The van der Waals surface area contributed by atoms with Crippen molar-refractivity contribution in [1.82, 2.24) is 0 Å². The van der Waals surface area contributed by atoms with Gasteiger partial charge in [-0.3, -0.25) is 0 Å². The summed E-state index contributed by atoms with van der Waals surface area (Å²) in [6.07, 6.45) is 2.32. The van der Waals surface area contributed by atoms with Crippen molar-refractivity contribution >= 4 is 17.2 Å². The fraction of sp³-hybridized carbons (Fsp3) is 0.250. The van der Waals surface area contributed by atoms with Gasteiger partial charge in [-0.1, -0.05) is 18.2 Å². The van der Waals surface area contributed by atoms with Crippen LogP contribution in [0.25, 0.3) is 0 Å². The molecule has 7 heteroatoms. The minimum atomic E-state index is -2.67. The van der Waals surface area contributed by atoms with E-state index in [2.05, 4.69) is 4.65 Å². The molecule has 0 bridgehead atoms. The summed E-state index contributed by atoms with van der Waals surface area (Å²) in [4.78, 5) is 0. The van der Waals surface area contributed by atoms with Crippen LogP contribution >= 0.6 is 0 Å². The van der Waals surface area contributed by atoms with Gasteiger partial charge in [0.25, 0.3) is 0 Å². The van der Waals surface area contributed by atoms with Crippen LogP contribution in [-0.2, 0) is 9.84 Å². The van der Waals surface area contributed by atoms with Crippen molar-refractivity contribution in [2.75, 3.05) is 12.5 Å². The Morgan fingerprint density at radius 2 is 1.53 bits per heavy atom. The number of hydrogen-bond acceptors (Lipinski definition) is 5. The van der Waals surface area contributed by atoms with E-state index in [1.54, 1.807) is 24.3 Å². The van der Waals surface area contributed by atoms with Gasteiger partial charge in [0.2, 0.25) is 0 Å². The standard InChI is InChI=1S/C6H7BO3.C2H6O2S/c8-7(9)10-6-4-2-1-3-5-6;1-5(2,3)4/h1-5,8-9H;1-2H3. The summed E-state index contributed by atoms with van der Waals surface area (Å²) in [7, 11) is -4.40. The third-order valence-electron chi connectivity index (χ3n) is 0.985. The minimum Gasteiger partial charge on any atom is -0.512 e. The van der Waals surface area contributed by atoms with Crippen LogP contribution < -0.4 is 4.65 Å². The molecule has 0 aromatic heterocycles. The lowest BCUT2D eigenvalue weighted by atomic mass is 10.2. The molecule has 0 spiro atoms. The first kappa shape index (κ1) is 14.0. The highest BCUT2D eigenvalue weighted by atomic mass is 32.2. The second-order valence-electron chi connectivity index (χ2n) is 2.90. The highest BCUT2D eigenvalue weighted by Gasteiger charge is 2.09. The monoisotopic (exact) mass is 232 g/mol. The van der Waals surface area contributed by atoms with E-state index in [1.807, 2.05) is 6.07 Å². The molecule has 1 aromatic rings. The highest BCUT2D eigenvalue weighted by molar-refractivity contribution is 7.89. The van der Waals surface area contributed by atoms with Crippen LogP contribution in [0.1, 0.15) is 0 Å². The van der Waals surface area contributed by atoms with Crippen molar-refractivity contribution in [2.45, 2.75) is 0 Å². The SMILES string of the molecule is CS(C)(=O)=O.OB(O)Oc1ccccc1. The summed E-state index contributed by atoms with van der Waals surface area (Å²) in [6, 6.07) is 8.59. The van der Waals surface area contributed by atoms with Crippen molar-refractivity contribution in [2.24, 2.45) is 0 Å². The quantitative estimate of drug-likeness (QED) is 0.683. The Bertz CT molecular complexity index is 354. The number of para-hydroxylation sites is 1. The normalized spacial score (nSPS) is 9.87. The van der Waals surface area contributed by atoms with Crippen LogP contribution in [0.4, 0.5) is 0 Å². The van der Waals surface area contributed by atoms with Gasteiger partial charge in [0.05, 0.1) is 0 Å². The fourth-order valence-electron chi connectivity index (χ4n) is 0.621. The molecule has 0 aliphatic carbocycles. The molecule has 0 atom stereocenters. The molecular weight excluding hydrogens is 219 g/mol. The van der Waals surface area contributed by atoms with Gasteiger partial charge in [0.15, 0.2) is 0 Å². The number of sulfone groups is 1. The molecule has 0 aliphatic heterocycles. The van der Waals surface area contributed by atoms with Crippen molar-refractivity contribution < 1.29 is 23.1 Å². The summed E-state index contributed by atoms with van der Waals surface area (Å²) < 4.78 is 23.8. The van der Waals surface area contributed by atoms with Crippen molar-refractivity contribution in [3.63, 3.8) is 0 Å². The molecule has 1 rings (SSSR count). The number of rotatable bonds is 2. The Labute approximate surface area is 89.4 Å². The van der Waals surface area contributed by atoms with E-state index in [1.165, 1.54) is 0 Å². The largest absolute Gasteiger partial charge is 0.707 e. The third-order valence-corrected chi connectivity index (χ3v) is 0.985. The van der Waals surface area contributed by atoms with Gasteiger partial charge >= 0.3 is 7.32 Å². The minimum absolute atomic E-state index is 0.442. The van der Waals surface area contributed by atoms with E-state index < -0.39 is 17.2 Å². The summed E-state index contributed by atoms with van der Waals surface area (Å²) in [6.45, 7) is 0. The highest BCUT2D eigenvalue weighted by Crippen LogP contribution is 2.07. The lowest BCUT2D eigenvalue weighted by Crippen LogP contribution is -2.20. The third kappa shape index (κ3) is 13.0. The zero-order chi connectivity index (χ0) is 11.9. The maximum absolute atomic E-state index is 9.63. The van der Waals surface area contributed by atoms with Gasteiger partial charge in [-0.15, -0.1) is 0 Å². The molecule has 1 aromatic carbocycles. The van der Waals surface area contributed by atoms with E-state index >= 15 is 0 Å². The van der Waals surface area contributed by atoms with Crippen molar-refractivity contribution in [3.05, 3.63) is 30.3 Å². The molecule has 2 N–H and O–H groups in total. The molecule has 0 heterocycles. The zero-order valence-corrected chi connectivity index (χ0v) is 9.31. The molecule has 0 fully saturated rings. The van der Waals surface area contributed by atoms with E-state index in [0.29, 0.717) is 5.75 Å². The van der Waals surface area contributed by atoms with Gasteiger partial charge in [0, 0.05) is 12.5 Å². The van der Waals surface area contributed by atoms with E-state index in [0.717, 1.165) is 12.5 Å². The smallest absolute Gasteiger partial charge is 0.512 e. The summed E-state index contributed by atoms with van der Waals surface area (Å²) >= 11 is 0. The van der Waals surface area contributed by atoms with E-state index in [4.69, 9.17) is 10.0 Å². The molecule has 0 amide bonds. The predicted molar refractivity (Wildman–Crippen MR) is 58.0 cm³/mol. The number of benzene rings is 1. The van der Waals surface area contributed by atoms with E-state index in [-0.39, 0.29) is 0 Å². The second-order valence-corrected chi connectivity index (χ2v) is 5.19. The Kier molecular flexibility index (Phi) is 5.99. The molecule has 0 saturated heterocycles. The van der Waals surface area contributed by atoms with Crippen LogP contribution in [0.5, 0.6) is 5.75 Å². The van der Waals surface area contributed by atoms with Gasteiger partial charge in [-0.25, -0.2) is 8.42 Å².